The molecule has 5 heteroatoms. The lowest BCUT2D eigenvalue weighted by Crippen LogP contribution is -2.46. The van der Waals surface area contributed by atoms with E-state index >= 15 is 0 Å². The lowest BCUT2D eigenvalue weighted by atomic mass is 10.1. The van der Waals surface area contributed by atoms with Crippen LogP contribution in [0.3, 0.4) is 0 Å². The molecule has 0 aromatic carbocycles. The van der Waals surface area contributed by atoms with E-state index < -0.39 is 25.2 Å². The Morgan fingerprint density at radius 1 is 1.20 bits per heavy atom. The molecule has 0 aromatic heterocycles. The van der Waals surface area contributed by atoms with E-state index in [9.17, 15) is 13.9 Å². The molecule has 1 fully saturated rings. The summed E-state index contributed by atoms with van der Waals surface area (Å²) in [5, 5.41) is 20.7. The van der Waals surface area contributed by atoms with E-state index in [0.717, 1.165) is 25.7 Å². The number of hydrogen-bond acceptors (Lipinski definition) is 3. The van der Waals surface area contributed by atoms with E-state index in [1.165, 1.54) is 0 Å². The van der Waals surface area contributed by atoms with Gasteiger partial charge in [-0.2, -0.15) is 0 Å². The van der Waals surface area contributed by atoms with Crippen molar-refractivity contribution in [3.63, 3.8) is 0 Å². The van der Waals surface area contributed by atoms with Crippen molar-refractivity contribution in [3.05, 3.63) is 0 Å². The summed E-state index contributed by atoms with van der Waals surface area (Å²) in [6, 6.07) is -0.259. The van der Waals surface area contributed by atoms with Crippen molar-refractivity contribution in [2.24, 2.45) is 0 Å². The lowest BCUT2D eigenvalue weighted by Gasteiger charge is -2.24. The van der Waals surface area contributed by atoms with Crippen molar-refractivity contribution < 1.29 is 19.0 Å². The van der Waals surface area contributed by atoms with E-state index in [-0.39, 0.29) is 6.04 Å². The minimum Gasteiger partial charge on any atom is -0.392 e. The number of aliphatic hydroxyl groups excluding tert-OH is 2. The molecular weight excluding hydrogens is 204 g/mol. The first kappa shape index (κ1) is 12.8. The molecule has 3 nitrogen and oxygen atoms in total. The molecule has 0 spiro atoms. The van der Waals surface area contributed by atoms with Gasteiger partial charge in [-0.15, -0.1) is 0 Å². The average Bonchev–Trinajstić information content (AvgIpc) is 2.40. The van der Waals surface area contributed by atoms with Gasteiger partial charge in [0.05, 0.1) is 12.6 Å². The number of halogens is 2. The van der Waals surface area contributed by atoms with Crippen LogP contribution in [0.1, 0.15) is 32.1 Å². The fourth-order valence-corrected chi connectivity index (χ4v) is 1.86. The van der Waals surface area contributed by atoms with Crippen LogP contribution in [-0.4, -0.2) is 41.4 Å². The maximum Gasteiger partial charge on any atom is 0.282 e. The van der Waals surface area contributed by atoms with Gasteiger partial charge < -0.3 is 15.5 Å². The van der Waals surface area contributed by atoms with Gasteiger partial charge in [-0.3, -0.25) is 0 Å². The Hall–Kier alpha value is -0.260. The second-order valence-electron chi connectivity index (χ2n) is 4.21. The van der Waals surface area contributed by atoms with Crippen LogP contribution < -0.4 is 5.32 Å². The number of aliphatic hydroxyl groups is 2. The topological polar surface area (TPSA) is 52.5 Å². The Bertz CT molecular complexity index is 190. The Balaban J connectivity index is 2.35. The van der Waals surface area contributed by atoms with E-state index in [0.29, 0.717) is 6.42 Å². The molecule has 15 heavy (non-hydrogen) atoms. The number of alkyl halides is 2. The Labute approximate surface area is 88.5 Å². The SMILES string of the molecule is OCC(F)(F)CNC1CCCCCC1O. The highest BCUT2D eigenvalue weighted by Crippen LogP contribution is 2.19. The van der Waals surface area contributed by atoms with Crippen LogP contribution in [0.25, 0.3) is 0 Å². The van der Waals surface area contributed by atoms with Crippen LogP contribution in [0.4, 0.5) is 8.78 Å². The average molecular weight is 223 g/mol. The number of nitrogens with one attached hydrogen (secondary N) is 1. The minimum atomic E-state index is -3.09. The maximum absolute atomic E-state index is 12.7. The molecule has 0 saturated heterocycles. The molecule has 0 amide bonds. The smallest absolute Gasteiger partial charge is 0.282 e. The fraction of sp³-hybridized carbons (Fsp3) is 1.00. The van der Waals surface area contributed by atoms with Gasteiger partial charge in [0.2, 0.25) is 0 Å². The van der Waals surface area contributed by atoms with E-state index in [1.807, 2.05) is 0 Å². The quantitative estimate of drug-likeness (QED) is 0.621. The molecule has 2 atom stereocenters. The van der Waals surface area contributed by atoms with Crippen LogP contribution in [0.5, 0.6) is 0 Å². The van der Waals surface area contributed by atoms with Crippen LogP contribution in [0, 0.1) is 0 Å². The van der Waals surface area contributed by atoms with Crippen LogP contribution in [0.15, 0.2) is 0 Å². The maximum atomic E-state index is 12.7. The predicted molar refractivity (Wildman–Crippen MR) is 52.9 cm³/mol. The molecule has 0 heterocycles. The molecule has 0 aromatic rings. The van der Waals surface area contributed by atoms with Gasteiger partial charge in [0.15, 0.2) is 0 Å². The van der Waals surface area contributed by atoms with Gasteiger partial charge in [-0.25, -0.2) is 8.78 Å². The van der Waals surface area contributed by atoms with Crippen molar-refractivity contribution in [1.82, 2.24) is 5.32 Å². The molecular formula is C10H19F2NO2. The Kier molecular flexibility index (Phi) is 4.89. The molecule has 3 N–H and O–H groups in total. The summed E-state index contributed by atoms with van der Waals surface area (Å²) in [7, 11) is 0. The first-order valence-corrected chi connectivity index (χ1v) is 5.45. The highest BCUT2D eigenvalue weighted by atomic mass is 19.3. The third kappa shape index (κ3) is 4.40. The molecule has 1 aliphatic rings. The monoisotopic (exact) mass is 223 g/mol. The predicted octanol–water partition coefficient (Wildman–Crippen LogP) is 0.897. The van der Waals surface area contributed by atoms with Crippen molar-refractivity contribution >= 4 is 0 Å². The fourth-order valence-electron chi connectivity index (χ4n) is 1.86. The van der Waals surface area contributed by atoms with Gasteiger partial charge in [0.1, 0.15) is 6.61 Å². The molecule has 0 radical (unpaired) electrons. The first-order chi connectivity index (χ1) is 7.05. The van der Waals surface area contributed by atoms with Crippen LogP contribution in [-0.2, 0) is 0 Å². The number of rotatable bonds is 4. The van der Waals surface area contributed by atoms with E-state index in [4.69, 9.17) is 5.11 Å². The summed E-state index contributed by atoms with van der Waals surface area (Å²) in [4.78, 5) is 0. The molecule has 1 aliphatic carbocycles. The summed E-state index contributed by atoms with van der Waals surface area (Å²) < 4.78 is 25.5. The van der Waals surface area contributed by atoms with E-state index in [2.05, 4.69) is 5.32 Å². The summed E-state index contributed by atoms with van der Waals surface area (Å²) in [5.41, 5.74) is 0. The van der Waals surface area contributed by atoms with Crippen molar-refractivity contribution in [2.75, 3.05) is 13.2 Å². The molecule has 2 unspecified atom stereocenters. The van der Waals surface area contributed by atoms with E-state index in [1.54, 1.807) is 0 Å². The van der Waals surface area contributed by atoms with Gasteiger partial charge in [-0.05, 0) is 12.8 Å². The zero-order valence-corrected chi connectivity index (χ0v) is 8.75. The highest BCUT2D eigenvalue weighted by Gasteiger charge is 2.30. The van der Waals surface area contributed by atoms with Gasteiger partial charge in [0, 0.05) is 6.04 Å². The lowest BCUT2D eigenvalue weighted by molar-refractivity contribution is -0.0524. The van der Waals surface area contributed by atoms with Crippen molar-refractivity contribution in [2.45, 2.75) is 50.2 Å². The molecule has 0 aliphatic heterocycles. The zero-order valence-electron chi connectivity index (χ0n) is 8.75. The molecule has 90 valence electrons. The first-order valence-electron chi connectivity index (χ1n) is 5.45. The summed E-state index contributed by atoms with van der Waals surface area (Å²) >= 11 is 0. The van der Waals surface area contributed by atoms with Gasteiger partial charge in [0.25, 0.3) is 5.92 Å². The third-order valence-corrected chi connectivity index (χ3v) is 2.83. The van der Waals surface area contributed by atoms with Crippen molar-refractivity contribution in [1.29, 1.82) is 0 Å². The van der Waals surface area contributed by atoms with Crippen LogP contribution >= 0.6 is 0 Å². The second kappa shape index (κ2) is 5.72. The second-order valence-corrected chi connectivity index (χ2v) is 4.21. The zero-order chi connectivity index (χ0) is 11.3. The molecule has 0 bridgehead atoms. The normalized spacial score (nSPS) is 28.8. The number of hydrogen-bond donors (Lipinski definition) is 3. The minimum absolute atomic E-state index is 0.259. The largest absolute Gasteiger partial charge is 0.392 e. The summed E-state index contributed by atoms with van der Waals surface area (Å²) in [6.07, 6.45) is 3.81. The molecule has 1 rings (SSSR count). The third-order valence-electron chi connectivity index (χ3n) is 2.83. The summed E-state index contributed by atoms with van der Waals surface area (Å²) in [5.74, 6) is -3.09. The van der Waals surface area contributed by atoms with Gasteiger partial charge >= 0.3 is 0 Å². The Morgan fingerprint density at radius 3 is 2.53 bits per heavy atom. The highest BCUT2D eigenvalue weighted by molar-refractivity contribution is 4.81. The summed E-state index contributed by atoms with van der Waals surface area (Å²) in [6.45, 7) is -1.71. The standard InChI is InChI=1S/C10H19F2NO2/c11-10(12,7-14)6-13-8-4-2-1-3-5-9(8)15/h8-9,13-15H,1-7H2. The Morgan fingerprint density at radius 2 is 1.87 bits per heavy atom. The van der Waals surface area contributed by atoms with Crippen LogP contribution in [0.2, 0.25) is 0 Å². The van der Waals surface area contributed by atoms with Gasteiger partial charge in [-0.1, -0.05) is 19.3 Å². The van der Waals surface area contributed by atoms with Crippen molar-refractivity contribution in [3.8, 4) is 0 Å². The molecule has 1 saturated carbocycles.